The number of ether oxygens (including phenoxy) is 1. The number of fused-ring (bicyclic) bond motifs is 1. The van der Waals surface area contributed by atoms with E-state index in [1.165, 1.54) is 0 Å². The lowest BCUT2D eigenvalue weighted by Crippen LogP contribution is -2.79. The highest BCUT2D eigenvalue weighted by molar-refractivity contribution is 7.86. The number of aliphatic carboxylic acids is 1. The largest absolute Gasteiger partial charge is 0.484 e. The van der Waals surface area contributed by atoms with Gasteiger partial charge in [-0.25, -0.2) is 4.79 Å². The van der Waals surface area contributed by atoms with Crippen molar-refractivity contribution in [2.24, 2.45) is 0 Å². The summed E-state index contributed by atoms with van der Waals surface area (Å²) in [5.41, 5.74) is 0. The molecule has 2 aliphatic rings. The minimum absolute atomic E-state index is 0.353. The predicted octanol–water partition coefficient (Wildman–Crippen LogP) is -1.50. The average molecular weight is 366 g/mol. The Labute approximate surface area is 144 Å². The van der Waals surface area contributed by atoms with Gasteiger partial charge in [-0.2, -0.15) is 0 Å². The van der Waals surface area contributed by atoms with E-state index in [-0.39, 0.29) is 6.61 Å². The zero-order chi connectivity index (χ0) is 18.1. The Morgan fingerprint density at radius 3 is 2.60 bits per heavy atom. The van der Waals surface area contributed by atoms with Gasteiger partial charge < -0.3 is 20.1 Å². The lowest BCUT2D eigenvalue weighted by molar-refractivity contribution is -0.165. The van der Waals surface area contributed by atoms with Crippen LogP contribution in [0.25, 0.3) is 0 Å². The number of carbonyl (C=O) groups is 4. The summed E-state index contributed by atoms with van der Waals surface area (Å²) in [5, 5.41) is 10.5. The summed E-state index contributed by atoms with van der Waals surface area (Å²) >= 11 is 0. The Morgan fingerprint density at radius 2 is 1.96 bits per heavy atom. The molecule has 2 saturated heterocycles. The average Bonchev–Trinajstić information content (AvgIpc) is 2.58. The molecule has 1 aromatic rings. The molecule has 2 fully saturated rings. The van der Waals surface area contributed by atoms with E-state index in [4.69, 9.17) is 9.84 Å². The van der Waals surface area contributed by atoms with Crippen LogP contribution in [0.5, 0.6) is 5.75 Å². The van der Waals surface area contributed by atoms with Crippen LogP contribution in [-0.4, -0.2) is 67.6 Å². The molecule has 0 aliphatic carbocycles. The van der Waals surface area contributed by atoms with Gasteiger partial charge in [0.2, 0.25) is 5.91 Å². The first kappa shape index (κ1) is 17.1. The van der Waals surface area contributed by atoms with Gasteiger partial charge in [0.1, 0.15) is 17.2 Å². The molecule has 2 N–H and O–H groups in total. The Morgan fingerprint density at radius 1 is 1.28 bits per heavy atom. The van der Waals surface area contributed by atoms with E-state index in [2.05, 4.69) is 5.32 Å². The molecule has 2 amide bonds. The third-order valence-corrected chi connectivity index (χ3v) is 5.49. The van der Waals surface area contributed by atoms with Gasteiger partial charge >= 0.3 is 5.97 Å². The molecular formula is C15H14N2O7S. The first-order valence-electron chi connectivity index (χ1n) is 7.32. The monoisotopic (exact) mass is 366 g/mol. The van der Waals surface area contributed by atoms with Crippen molar-refractivity contribution in [3.8, 4) is 5.75 Å². The molecule has 0 bridgehead atoms. The van der Waals surface area contributed by atoms with E-state index >= 15 is 0 Å². The van der Waals surface area contributed by atoms with Crippen molar-refractivity contribution >= 4 is 34.4 Å². The Bertz CT molecular complexity index is 766. The first-order chi connectivity index (χ1) is 11.9. The smallest absolute Gasteiger partial charge is 0.334 e. The second-order valence-corrected chi connectivity index (χ2v) is 7.05. The van der Waals surface area contributed by atoms with Gasteiger partial charge in [0, 0.05) is 0 Å². The van der Waals surface area contributed by atoms with Crippen LogP contribution in [0.3, 0.4) is 0 Å². The second kappa shape index (κ2) is 6.63. The number of hydrogen-bond donors (Lipinski definition) is 2. The van der Waals surface area contributed by atoms with Crippen LogP contribution in [-0.2, 0) is 30.0 Å². The van der Waals surface area contributed by atoms with Gasteiger partial charge in [0.05, 0.1) is 16.6 Å². The predicted molar refractivity (Wildman–Crippen MR) is 83.9 cm³/mol. The molecular weight excluding hydrogens is 352 g/mol. The van der Waals surface area contributed by atoms with Crippen LogP contribution in [0.2, 0.25) is 0 Å². The first-order valence-corrected chi connectivity index (χ1v) is 8.70. The Hall–Kier alpha value is -2.75. The van der Waals surface area contributed by atoms with E-state index in [1.54, 1.807) is 30.3 Å². The van der Waals surface area contributed by atoms with Crippen LogP contribution in [0.4, 0.5) is 0 Å². The number of nitrogens with zero attached hydrogens (tertiary/aromatic N) is 1. The highest BCUT2D eigenvalue weighted by Gasteiger charge is 2.60. The summed E-state index contributed by atoms with van der Waals surface area (Å²) in [7, 11) is -1.77. The van der Waals surface area contributed by atoms with Crippen LogP contribution < -0.4 is 10.1 Å². The van der Waals surface area contributed by atoms with E-state index in [9.17, 15) is 23.4 Å². The summed E-state index contributed by atoms with van der Waals surface area (Å²) in [6.07, 6.45) is 0. The Kier molecular flexibility index (Phi) is 4.53. The zero-order valence-electron chi connectivity index (χ0n) is 12.8. The summed E-state index contributed by atoms with van der Waals surface area (Å²) in [5.74, 6) is -3.60. The summed E-state index contributed by atoms with van der Waals surface area (Å²) in [6.45, 7) is -0.353. The number of amides is 2. The number of benzene rings is 1. The van der Waals surface area contributed by atoms with Crippen LogP contribution >= 0.6 is 0 Å². The second-order valence-electron chi connectivity index (χ2n) is 5.52. The minimum Gasteiger partial charge on any atom is -0.484 e. The van der Waals surface area contributed by atoms with E-state index < -0.39 is 57.6 Å². The molecule has 1 aromatic carbocycles. The summed E-state index contributed by atoms with van der Waals surface area (Å²) < 4.78 is 17.3. The molecule has 2 heterocycles. The molecule has 10 heteroatoms. The standard InChI is InChI=1S/C15H14N2O7S/c18-9-7-25(23)14-11(13(20)17(14)12(9)15(21)22)16-10(19)6-24-8-4-2-1-3-5-8/h1-5,11-12,14H,6-7H2,(H,16,19)(H,21,22)/t11-,12-,14-,25-/m1/s1. The number of Topliss-reactive ketones (excluding diaryl/α,β-unsaturated/α-hetero) is 1. The Balaban J connectivity index is 1.63. The summed E-state index contributed by atoms with van der Waals surface area (Å²) in [6, 6.07) is 5.79. The molecule has 4 atom stereocenters. The lowest BCUT2D eigenvalue weighted by atomic mass is 10.0. The van der Waals surface area contributed by atoms with Crippen molar-refractivity contribution in [3.05, 3.63) is 30.3 Å². The van der Waals surface area contributed by atoms with Crippen molar-refractivity contribution < 1.29 is 33.2 Å². The minimum atomic E-state index is -1.77. The molecule has 0 spiro atoms. The van der Waals surface area contributed by atoms with Gasteiger partial charge in [0.25, 0.3) is 5.91 Å². The van der Waals surface area contributed by atoms with Gasteiger partial charge in [-0.15, -0.1) is 0 Å². The van der Waals surface area contributed by atoms with Gasteiger partial charge in [0.15, 0.2) is 18.4 Å². The molecule has 2 aliphatic heterocycles. The highest BCUT2D eigenvalue weighted by atomic mass is 32.2. The number of para-hydroxylation sites is 1. The highest BCUT2D eigenvalue weighted by Crippen LogP contribution is 2.30. The van der Waals surface area contributed by atoms with Gasteiger partial charge in [-0.1, -0.05) is 18.2 Å². The van der Waals surface area contributed by atoms with E-state index in [0.717, 1.165) is 4.90 Å². The van der Waals surface area contributed by atoms with Crippen molar-refractivity contribution in [3.63, 3.8) is 0 Å². The molecule has 0 unspecified atom stereocenters. The van der Waals surface area contributed by atoms with E-state index in [1.807, 2.05) is 0 Å². The normalized spacial score (nSPS) is 27.9. The lowest BCUT2D eigenvalue weighted by Gasteiger charge is -2.50. The molecule has 0 saturated carbocycles. The van der Waals surface area contributed by atoms with Crippen molar-refractivity contribution in [2.75, 3.05) is 12.4 Å². The quantitative estimate of drug-likeness (QED) is 0.479. The van der Waals surface area contributed by atoms with Crippen LogP contribution in [0.15, 0.2) is 30.3 Å². The third kappa shape index (κ3) is 3.12. The van der Waals surface area contributed by atoms with Gasteiger partial charge in [-0.3, -0.25) is 18.6 Å². The number of β-lactam (4-membered cyclic amide) rings is 1. The van der Waals surface area contributed by atoms with Crippen molar-refractivity contribution in [2.45, 2.75) is 17.5 Å². The molecule has 3 rings (SSSR count). The maximum Gasteiger partial charge on any atom is 0.334 e. The maximum atomic E-state index is 12.1. The number of carbonyl (C=O) groups excluding carboxylic acids is 3. The van der Waals surface area contributed by atoms with Crippen molar-refractivity contribution in [1.82, 2.24) is 10.2 Å². The van der Waals surface area contributed by atoms with E-state index in [0.29, 0.717) is 5.75 Å². The fourth-order valence-electron chi connectivity index (χ4n) is 2.77. The number of hydrogen-bond acceptors (Lipinski definition) is 6. The van der Waals surface area contributed by atoms with Crippen LogP contribution in [0.1, 0.15) is 0 Å². The third-order valence-electron chi connectivity index (χ3n) is 3.88. The SMILES string of the molecule is O=C(COc1ccccc1)N[C@@H]1C(=O)N2[C@@H](C(=O)O)C(=O)C[S@@](=O)[C@H]12. The number of nitrogens with one attached hydrogen (secondary N) is 1. The number of carboxylic acid groups (broad SMARTS) is 1. The van der Waals surface area contributed by atoms with Gasteiger partial charge in [-0.05, 0) is 12.1 Å². The van der Waals surface area contributed by atoms with Crippen LogP contribution in [0, 0.1) is 0 Å². The molecule has 132 valence electrons. The fraction of sp³-hybridized carbons (Fsp3) is 0.333. The molecule has 9 nitrogen and oxygen atoms in total. The molecule has 25 heavy (non-hydrogen) atoms. The number of carboxylic acids is 1. The maximum absolute atomic E-state index is 12.1. The zero-order valence-corrected chi connectivity index (χ0v) is 13.6. The summed E-state index contributed by atoms with van der Waals surface area (Å²) in [4.78, 5) is 47.7. The fourth-order valence-corrected chi connectivity index (χ4v) is 4.35. The topological polar surface area (TPSA) is 130 Å². The number of rotatable bonds is 5. The molecule has 0 aromatic heterocycles. The van der Waals surface area contributed by atoms with Crippen molar-refractivity contribution in [1.29, 1.82) is 0 Å². The molecule has 0 radical (unpaired) electrons. The number of ketones is 1.